The van der Waals surface area contributed by atoms with Crippen LogP contribution in [0.5, 0.6) is 5.75 Å². The van der Waals surface area contributed by atoms with Crippen molar-refractivity contribution in [3.05, 3.63) is 59.7 Å². The van der Waals surface area contributed by atoms with Crippen molar-refractivity contribution in [1.29, 1.82) is 0 Å². The smallest absolute Gasteiger partial charge is 0.326 e. The van der Waals surface area contributed by atoms with Gasteiger partial charge in [-0.3, -0.25) is 4.79 Å². The molecule has 0 radical (unpaired) electrons. The van der Waals surface area contributed by atoms with Gasteiger partial charge in [0.15, 0.2) is 9.84 Å². The predicted octanol–water partition coefficient (Wildman–Crippen LogP) is 4.53. The molecular formula is C30H40N2O6S. The van der Waals surface area contributed by atoms with Crippen molar-refractivity contribution in [2.24, 2.45) is 17.3 Å². The van der Waals surface area contributed by atoms with E-state index in [0.29, 0.717) is 5.56 Å². The number of carbonyl (C=O) groups excluding carboxylic acids is 1. The van der Waals surface area contributed by atoms with Crippen LogP contribution in [0.2, 0.25) is 0 Å². The van der Waals surface area contributed by atoms with Crippen LogP contribution in [-0.2, 0) is 26.0 Å². The Kier molecular flexibility index (Phi) is 8.42. The molecule has 1 saturated heterocycles. The van der Waals surface area contributed by atoms with Crippen molar-refractivity contribution in [1.82, 2.24) is 10.2 Å². The first-order chi connectivity index (χ1) is 18.3. The Balaban J connectivity index is 1.81. The van der Waals surface area contributed by atoms with Crippen LogP contribution in [0.1, 0.15) is 70.0 Å². The lowest BCUT2D eigenvalue weighted by Crippen LogP contribution is -2.49. The summed E-state index contributed by atoms with van der Waals surface area (Å²) >= 11 is 0. The van der Waals surface area contributed by atoms with Gasteiger partial charge in [0, 0.05) is 36.2 Å². The van der Waals surface area contributed by atoms with E-state index in [9.17, 15) is 28.2 Å². The van der Waals surface area contributed by atoms with Gasteiger partial charge < -0.3 is 20.4 Å². The molecule has 2 aliphatic rings. The molecular weight excluding hydrogens is 516 g/mol. The SMILES string of the molecule is CC(C)(C)C1C(NCc2cc(S(C)(=O)=O)ccc2O)C(c2ccccc2)N(C(=O)C2CCCCC2)C1C(=O)O. The lowest BCUT2D eigenvalue weighted by atomic mass is 9.72. The molecule has 1 amide bonds. The zero-order chi connectivity index (χ0) is 28.5. The number of phenols is 1. The van der Waals surface area contributed by atoms with E-state index in [0.717, 1.165) is 43.9 Å². The van der Waals surface area contributed by atoms with E-state index < -0.39 is 45.3 Å². The Labute approximate surface area is 231 Å². The van der Waals surface area contributed by atoms with E-state index in [2.05, 4.69) is 5.32 Å². The number of amides is 1. The van der Waals surface area contributed by atoms with Crippen molar-refractivity contribution in [3.63, 3.8) is 0 Å². The quantitative estimate of drug-likeness (QED) is 0.458. The summed E-state index contributed by atoms with van der Waals surface area (Å²) in [5.74, 6) is -1.88. The standard InChI is InChI=1S/C30H40N2O6S/c1-30(2,3)24-25(31-18-21-17-22(39(4,37)38)15-16-23(21)33)26(19-11-7-5-8-12-19)32(27(24)29(35)36)28(34)20-13-9-6-10-14-20/h5,7-8,11-12,15-17,20,24-27,31,33H,6,9-10,13-14,18H2,1-4H3,(H,35,36). The number of hydrogen-bond donors (Lipinski definition) is 3. The first-order valence-electron chi connectivity index (χ1n) is 13.7. The number of nitrogens with one attached hydrogen (secondary N) is 1. The average Bonchev–Trinajstić information content (AvgIpc) is 3.24. The Hall–Kier alpha value is -2.91. The fraction of sp³-hybridized carbons (Fsp3) is 0.533. The minimum absolute atomic E-state index is 0.0543. The summed E-state index contributed by atoms with van der Waals surface area (Å²) < 4.78 is 24.3. The Morgan fingerprint density at radius 3 is 2.23 bits per heavy atom. The molecule has 39 heavy (non-hydrogen) atoms. The van der Waals surface area contributed by atoms with Crippen LogP contribution in [0.3, 0.4) is 0 Å². The Bertz CT molecular complexity index is 1300. The molecule has 2 fully saturated rings. The zero-order valence-electron chi connectivity index (χ0n) is 23.1. The van der Waals surface area contributed by atoms with Gasteiger partial charge in [0.25, 0.3) is 0 Å². The molecule has 1 saturated carbocycles. The molecule has 0 aromatic heterocycles. The molecule has 4 unspecified atom stereocenters. The summed E-state index contributed by atoms with van der Waals surface area (Å²) in [5.41, 5.74) is 0.735. The monoisotopic (exact) mass is 556 g/mol. The van der Waals surface area contributed by atoms with Gasteiger partial charge in [-0.2, -0.15) is 0 Å². The number of aliphatic carboxylic acids is 1. The second-order valence-corrected chi connectivity index (χ2v) is 14.1. The molecule has 9 heteroatoms. The number of hydrogen-bond acceptors (Lipinski definition) is 6. The average molecular weight is 557 g/mol. The van der Waals surface area contributed by atoms with Crippen LogP contribution in [0.25, 0.3) is 0 Å². The van der Waals surface area contributed by atoms with Gasteiger partial charge in [-0.25, -0.2) is 13.2 Å². The number of aromatic hydroxyl groups is 1. The van der Waals surface area contributed by atoms with Crippen molar-refractivity contribution >= 4 is 21.7 Å². The molecule has 212 valence electrons. The third-order valence-electron chi connectivity index (χ3n) is 8.28. The summed E-state index contributed by atoms with van der Waals surface area (Å²) in [5, 5.41) is 24.6. The minimum atomic E-state index is -3.49. The highest BCUT2D eigenvalue weighted by Crippen LogP contribution is 2.49. The molecule has 0 bridgehead atoms. The third kappa shape index (κ3) is 6.14. The summed E-state index contributed by atoms with van der Waals surface area (Å²) in [4.78, 5) is 28.8. The number of benzene rings is 2. The highest BCUT2D eigenvalue weighted by atomic mass is 32.2. The molecule has 1 aliphatic carbocycles. The molecule has 2 aromatic rings. The molecule has 1 heterocycles. The minimum Gasteiger partial charge on any atom is -0.508 e. The number of sulfone groups is 1. The maximum absolute atomic E-state index is 14.1. The largest absolute Gasteiger partial charge is 0.508 e. The van der Waals surface area contributed by atoms with E-state index in [1.807, 2.05) is 51.1 Å². The van der Waals surface area contributed by atoms with Gasteiger partial charge in [-0.1, -0.05) is 70.4 Å². The van der Waals surface area contributed by atoms with Gasteiger partial charge in [0.1, 0.15) is 11.8 Å². The Morgan fingerprint density at radius 1 is 1.03 bits per heavy atom. The van der Waals surface area contributed by atoms with Crippen LogP contribution >= 0.6 is 0 Å². The maximum atomic E-state index is 14.1. The summed E-state index contributed by atoms with van der Waals surface area (Å²) in [6.07, 6.45) is 5.62. The molecule has 4 atom stereocenters. The van der Waals surface area contributed by atoms with Crippen molar-refractivity contribution in [2.75, 3.05) is 6.26 Å². The molecule has 4 rings (SSSR count). The lowest BCUT2D eigenvalue weighted by molar-refractivity contribution is -0.154. The maximum Gasteiger partial charge on any atom is 0.326 e. The van der Waals surface area contributed by atoms with Crippen molar-refractivity contribution < 1.29 is 28.2 Å². The summed E-state index contributed by atoms with van der Waals surface area (Å²) in [6.45, 7) is 6.07. The predicted molar refractivity (Wildman–Crippen MR) is 149 cm³/mol. The normalized spacial score (nSPS) is 24.6. The van der Waals surface area contributed by atoms with Crippen LogP contribution in [0.4, 0.5) is 0 Å². The second-order valence-electron chi connectivity index (χ2n) is 12.1. The van der Waals surface area contributed by atoms with Gasteiger partial charge >= 0.3 is 5.97 Å². The number of carbonyl (C=O) groups is 2. The van der Waals surface area contributed by atoms with Crippen LogP contribution in [0.15, 0.2) is 53.4 Å². The highest BCUT2D eigenvalue weighted by molar-refractivity contribution is 7.90. The number of carboxylic acids is 1. The molecule has 1 aliphatic heterocycles. The second kappa shape index (κ2) is 11.3. The molecule has 3 N–H and O–H groups in total. The van der Waals surface area contributed by atoms with Gasteiger partial charge in [-0.15, -0.1) is 0 Å². The summed E-state index contributed by atoms with van der Waals surface area (Å²) in [6, 6.07) is 11.6. The van der Waals surface area contributed by atoms with E-state index in [-0.39, 0.29) is 29.0 Å². The van der Waals surface area contributed by atoms with Crippen LogP contribution in [0, 0.1) is 17.3 Å². The fourth-order valence-electron chi connectivity index (χ4n) is 6.45. The van der Waals surface area contributed by atoms with E-state index in [1.165, 1.54) is 18.2 Å². The topological polar surface area (TPSA) is 124 Å². The third-order valence-corrected chi connectivity index (χ3v) is 9.39. The van der Waals surface area contributed by atoms with Crippen LogP contribution in [-0.4, -0.2) is 53.7 Å². The Morgan fingerprint density at radius 2 is 1.67 bits per heavy atom. The number of rotatable bonds is 7. The number of likely N-dealkylation sites (tertiary alicyclic amines) is 1. The van der Waals surface area contributed by atoms with E-state index in [1.54, 1.807) is 4.90 Å². The zero-order valence-corrected chi connectivity index (χ0v) is 23.9. The van der Waals surface area contributed by atoms with E-state index in [4.69, 9.17) is 0 Å². The first-order valence-corrected chi connectivity index (χ1v) is 15.5. The van der Waals surface area contributed by atoms with Gasteiger partial charge in [0.2, 0.25) is 5.91 Å². The van der Waals surface area contributed by atoms with Crippen LogP contribution < -0.4 is 5.32 Å². The van der Waals surface area contributed by atoms with Crippen molar-refractivity contribution in [2.45, 2.75) is 82.4 Å². The van der Waals surface area contributed by atoms with Crippen molar-refractivity contribution in [3.8, 4) is 5.75 Å². The van der Waals surface area contributed by atoms with Gasteiger partial charge in [0.05, 0.1) is 10.9 Å². The number of phenolic OH excluding ortho intramolecular Hbond substituents is 1. The summed E-state index contributed by atoms with van der Waals surface area (Å²) in [7, 11) is -3.49. The highest BCUT2D eigenvalue weighted by Gasteiger charge is 2.58. The fourth-order valence-corrected chi connectivity index (χ4v) is 7.12. The molecule has 0 spiro atoms. The molecule has 8 nitrogen and oxygen atoms in total. The lowest BCUT2D eigenvalue weighted by Gasteiger charge is -2.36. The first kappa shape index (κ1) is 29.1. The number of nitrogens with zero attached hydrogens (tertiary/aromatic N) is 1. The van der Waals surface area contributed by atoms with E-state index >= 15 is 0 Å². The number of carboxylic acid groups (broad SMARTS) is 1. The molecule has 2 aromatic carbocycles. The van der Waals surface area contributed by atoms with Gasteiger partial charge in [-0.05, 0) is 42.0 Å².